The highest BCUT2D eigenvalue weighted by Gasteiger charge is 2.10. The van der Waals surface area contributed by atoms with Crippen molar-refractivity contribution in [2.75, 3.05) is 19.0 Å². The summed E-state index contributed by atoms with van der Waals surface area (Å²) in [5.74, 6) is -1.21. The summed E-state index contributed by atoms with van der Waals surface area (Å²) < 4.78 is 18.7. The third kappa shape index (κ3) is 3.95. The molecule has 0 heterocycles. The van der Waals surface area contributed by atoms with Gasteiger partial charge in [0.25, 0.3) is 0 Å². The van der Waals surface area contributed by atoms with Gasteiger partial charge in [0.05, 0.1) is 12.7 Å². The van der Waals surface area contributed by atoms with Crippen molar-refractivity contribution in [2.24, 2.45) is 0 Å². The Morgan fingerprint density at radius 3 is 2.76 bits per heavy atom. The lowest BCUT2D eigenvalue weighted by Crippen LogP contribution is -2.07. The van der Waals surface area contributed by atoms with Gasteiger partial charge in [-0.1, -0.05) is 12.1 Å². The van der Waals surface area contributed by atoms with Gasteiger partial charge in [-0.2, -0.15) is 0 Å². The Kier molecular flexibility index (Phi) is 4.77. The summed E-state index contributed by atoms with van der Waals surface area (Å²) in [4.78, 5) is 10.7. The Bertz CT molecular complexity index is 643. The average Bonchev–Trinajstić information content (AvgIpc) is 2.47. The molecule has 0 amide bonds. The molecular weight excluding hydrogens is 273 g/mol. The number of hydrogen-bond donors (Lipinski definition) is 2. The fourth-order valence-electron chi connectivity index (χ4n) is 1.98. The van der Waals surface area contributed by atoms with Gasteiger partial charge in [-0.25, -0.2) is 9.18 Å². The summed E-state index contributed by atoms with van der Waals surface area (Å²) in [5.41, 5.74) is 1.33. The number of methoxy groups -OCH3 is 1. The van der Waals surface area contributed by atoms with Gasteiger partial charge >= 0.3 is 5.97 Å². The van der Waals surface area contributed by atoms with Gasteiger partial charge in [-0.3, -0.25) is 0 Å². The van der Waals surface area contributed by atoms with Crippen LogP contribution in [0.25, 0.3) is 0 Å². The Labute approximate surface area is 122 Å². The van der Waals surface area contributed by atoms with Crippen LogP contribution in [0.3, 0.4) is 0 Å². The molecule has 0 unspecified atom stereocenters. The zero-order valence-electron chi connectivity index (χ0n) is 11.6. The van der Waals surface area contributed by atoms with Crippen LogP contribution in [0.4, 0.5) is 10.1 Å². The largest absolute Gasteiger partial charge is 0.497 e. The van der Waals surface area contributed by atoms with Crippen molar-refractivity contribution < 1.29 is 19.0 Å². The van der Waals surface area contributed by atoms with Gasteiger partial charge in [0.1, 0.15) is 11.6 Å². The van der Waals surface area contributed by atoms with Crippen molar-refractivity contribution in [3.8, 4) is 5.75 Å². The van der Waals surface area contributed by atoms with E-state index in [0.29, 0.717) is 12.2 Å². The average molecular weight is 289 g/mol. The van der Waals surface area contributed by atoms with E-state index in [1.165, 1.54) is 12.1 Å². The van der Waals surface area contributed by atoms with Crippen LogP contribution in [-0.2, 0) is 6.42 Å². The minimum atomic E-state index is -1.27. The number of halogens is 1. The lowest BCUT2D eigenvalue weighted by Gasteiger charge is -2.08. The van der Waals surface area contributed by atoms with E-state index in [2.05, 4.69) is 5.32 Å². The molecule has 0 spiro atoms. The molecular formula is C16H16FNO3. The van der Waals surface area contributed by atoms with E-state index in [1.54, 1.807) is 13.2 Å². The lowest BCUT2D eigenvalue weighted by molar-refractivity contribution is 0.0692. The second-order valence-electron chi connectivity index (χ2n) is 4.53. The predicted molar refractivity (Wildman–Crippen MR) is 78.5 cm³/mol. The molecule has 2 aromatic rings. The molecule has 5 heteroatoms. The molecule has 4 nitrogen and oxygen atoms in total. The first-order valence-electron chi connectivity index (χ1n) is 6.50. The summed E-state index contributed by atoms with van der Waals surface area (Å²) >= 11 is 0. The molecule has 0 saturated heterocycles. The maximum Gasteiger partial charge on any atom is 0.338 e. The van der Waals surface area contributed by atoms with Crippen LogP contribution in [0.15, 0.2) is 42.5 Å². The molecule has 0 aliphatic rings. The smallest absolute Gasteiger partial charge is 0.338 e. The Morgan fingerprint density at radius 1 is 1.29 bits per heavy atom. The highest BCUT2D eigenvalue weighted by Crippen LogP contribution is 2.16. The van der Waals surface area contributed by atoms with Crippen molar-refractivity contribution >= 4 is 11.7 Å². The second kappa shape index (κ2) is 6.74. The zero-order valence-corrected chi connectivity index (χ0v) is 11.6. The van der Waals surface area contributed by atoms with Gasteiger partial charge < -0.3 is 15.2 Å². The van der Waals surface area contributed by atoms with Crippen molar-refractivity contribution in [3.63, 3.8) is 0 Å². The van der Waals surface area contributed by atoms with Crippen molar-refractivity contribution in [1.29, 1.82) is 0 Å². The Morgan fingerprint density at radius 2 is 2.10 bits per heavy atom. The highest BCUT2D eigenvalue weighted by atomic mass is 19.1. The first kappa shape index (κ1) is 14.8. The van der Waals surface area contributed by atoms with Gasteiger partial charge in [-0.05, 0) is 42.3 Å². The van der Waals surface area contributed by atoms with E-state index in [4.69, 9.17) is 9.84 Å². The molecule has 0 aliphatic heterocycles. The summed E-state index contributed by atoms with van der Waals surface area (Å²) in [6.45, 7) is 0.610. The molecule has 0 bridgehead atoms. The molecule has 2 N–H and O–H groups in total. The number of rotatable bonds is 6. The normalized spacial score (nSPS) is 10.2. The molecule has 0 fully saturated rings. The summed E-state index contributed by atoms with van der Waals surface area (Å²) in [5, 5.41) is 11.8. The number of benzene rings is 2. The summed E-state index contributed by atoms with van der Waals surface area (Å²) in [6.07, 6.45) is 0.750. The van der Waals surface area contributed by atoms with Crippen LogP contribution < -0.4 is 10.1 Å². The number of carbonyl (C=O) groups is 1. The molecule has 0 atom stereocenters. The number of carboxylic acids is 1. The molecule has 2 rings (SSSR count). The number of nitrogens with one attached hydrogen (secondary N) is 1. The topological polar surface area (TPSA) is 58.6 Å². The van der Waals surface area contributed by atoms with Crippen LogP contribution in [0, 0.1) is 5.82 Å². The monoisotopic (exact) mass is 289 g/mol. The van der Waals surface area contributed by atoms with E-state index >= 15 is 0 Å². The fourth-order valence-corrected chi connectivity index (χ4v) is 1.98. The standard InChI is InChI=1S/C16H16FNO3/c1-21-13-4-2-3-11(9-13)7-8-18-12-5-6-14(16(19)20)15(17)10-12/h2-6,9-10,18H,7-8H2,1H3,(H,19,20). The van der Waals surface area contributed by atoms with Gasteiger partial charge in [0.15, 0.2) is 0 Å². The van der Waals surface area contributed by atoms with Crippen molar-refractivity contribution in [1.82, 2.24) is 0 Å². The van der Waals surface area contributed by atoms with E-state index in [1.807, 2.05) is 24.3 Å². The third-order valence-corrected chi connectivity index (χ3v) is 3.08. The predicted octanol–water partition coefficient (Wildman–Crippen LogP) is 3.19. The van der Waals surface area contributed by atoms with Crippen LogP contribution in [0.1, 0.15) is 15.9 Å². The molecule has 0 aliphatic carbocycles. The van der Waals surface area contributed by atoms with E-state index in [9.17, 15) is 9.18 Å². The van der Waals surface area contributed by atoms with Gasteiger partial charge in [-0.15, -0.1) is 0 Å². The molecule has 0 radical (unpaired) electrons. The Hall–Kier alpha value is -2.56. The van der Waals surface area contributed by atoms with Crippen molar-refractivity contribution in [3.05, 3.63) is 59.4 Å². The number of ether oxygens (including phenoxy) is 1. The molecule has 2 aromatic carbocycles. The van der Waals surface area contributed by atoms with Gasteiger partial charge in [0, 0.05) is 12.2 Å². The number of aromatic carboxylic acids is 1. The van der Waals surface area contributed by atoms with E-state index < -0.39 is 11.8 Å². The molecule has 21 heavy (non-hydrogen) atoms. The third-order valence-electron chi connectivity index (χ3n) is 3.08. The molecule has 0 aromatic heterocycles. The number of carboxylic acid groups (broad SMARTS) is 1. The van der Waals surface area contributed by atoms with Crippen LogP contribution in [0.5, 0.6) is 5.75 Å². The minimum Gasteiger partial charge on any atom is -0.497 e. The summed E-state index contributed by atoms with van der Waals surface area (Å²) in [7, 11) is 1.62. The van der Waals surface area contributed by atoms with E-state index in [-0.39, 0.29) is 5.56 Å². The minimum absolute atomic E-state index is 0.326. The summed E-state index contributed by atoms with van der Waals surface area (Å²) in [6, 6.07) is 11.7. The maximum atomic E-state index is 13.5. The van der Waals surface area contributed by atoms with Crippen molar-refractivity contribution in [2.45, 2.75) is 6.42 Å². The molecule has 0 saturated carbocycles. The first-order chi connectivity index (χ1) is 10.1. The molecule has 110 valence electrons. The SMILES string of the molecule is COc1cccc(CCNc2ccc(C(=O)O)c(F)c2)c1. The number of anilines is 1. The van der Waals surface area contributed by atoms with E-state index in [0.717, 1.165) is 17.7 Å². The fraction of sp³-hybridized carbons (Fsp3) is 0.188. The Balaban J connectivity index is 1.94. The zero-order chi connectivity index (χ0) is 15.2. The lowest BCUT2D eigenvalue weighted by atomic mass is 10.1. The number of hydrogen-bond acceptors (Lipinski definition) is 3. The maximum absolute atomic E-state index is 13.5. The quantitative estimate of drug-likeness (QED) is 0.857. The van der Waals surface area contributed by atoms with Crippen LogP contribution >= 0.6 is 0 Å². The van der Waals surface area contributed by atoms with Crippen LogP contribution in [-0.4, -0.2) is 24.7 Å². The first-order valence-corrected chi connectivity index (χ1v) is 6.50. The highest BCUT2D eigenvalue weighted by molar-refractivity contribution is 5.88. The van der Waals surface area contributed by atoms with Crippen LogP contribution in [0.2, 0.25) is 0 Å². The second-order valence-corrected chi connectivity index (χ2v) is 4.53. The van der Waals surface area contributed by atoms with Gasteiger partial charge in [0.2, 0.25) is 0 Å².